The zero-order valence-electron chi connectivity index (χ0n) is 22.3. The van der Waals surface area contributed by atoms with Gasteiger partial charge in [-0.05, 0) is 54.8 Å². The van der Waals surface area contributed by atoms with Crippen LogP contribution >= 0.6 is 0 Å². The first-order valence-corrected chi connectivity index (χ1v) is 13.0. The summed E-state index contributed by atoms with van der Waals surface area (Å²) in [5.74, 6) is -1.07. The van der Waals surface area contributed by atoms with E-state index >= 15 is 0 Å². The van der Waals surface area contributed by atoms with Crippen molar-refractivity contribution < 1.29 is 24.5 Å². The highest BCUT2D eigenvalue weighted by molar-refractivity contribution is 5.94. The van der Waals surface area contributed by atoms with Gasteiger partial charge in [-0.3, -0.25) is 14.6 Å². The molecule has 2 aromatic carbocycles. The first kappa shape index (κ1) is 27.0. The zero-order valence-corrected chi connectivity index (χ0v) is 22.3. The minimum atomic E-state index is -2.37. The maximum absolute atomic E-state index is 13.1. The number of rotatable bonds is 9. The van der Waals surface area contributed by atoms with Gasteiger partial charge in [-0.15, -0.1) is 0 Å². The van der Waals surface area contributed by atoms with Crippen LogP contribution in [-0.4, -0.2) is 53.4 Å². The summed E-state index contributed by atoms with van der Waals surface area (Å²) in [6.45, 7) is 3.66. The highest BCUT2D eigenvalue weighted by Crippen LogP contribution is 2.29. The van der Waals surface area contributed by atoms with Crippen molar-refractivity contribution in [2.75, 3.05) is 0 Å². The van der Waals surface area contributed by atoms with Crippen LogP contribution in [0.4, 0.5) is 0 Å². The number of nitrogens with zero attached hydrogens (tertiary/aromatic N) is 4. The molecule has 40 heavy (non-hydrogen) atoms. The number of carbonyl (C=O) groups excluding carboxylic acids is 2. The molecule has 1 aliphatic heterocycles. The molecule has 10 heteroatoms. The number of benzene rings is 2. The normalized spacial score (nSPS) is 15.6. The van der Waals surface area contributed by atoms with E-state index in [9.17, 15) is 19.8 Å². The van der Waals surface area contributed by atoms with Gasteiger partial charge in [-0.2, -0.15) is 5.10 Å². The molecule has 0 saturated carbocycles. The van der Waals surface area contributed by atoms with E-state index < -0.39 is 29.6 Å². The molecule has 3 heterocycles. The molecule has 3 N–H and O–H groups in total. The number of nitrogens with one attached hydrogen (secondary N) is 1. The van der Waals surface area contributed by atoms with Crippen molar-refractivity contribution in [3.63, 3.8) is 0 Å². The van der Waals surface area contributed by atoms with Gasteiger partial charge in [0.05, 0.1) is 18.3 Å². The minimum absolute atomic E-state index is 0.203. The second-order valence-corrected chi connectivity index (χ2v) is 10.0. The highest BCUT2D eigenvalue weighted by atomic mass is 16.5. The van der Waals surface area contributed by atoms with Crippen LogP contribution in [0.5, 0.6) is 5.75 Å². The third-order valence-corrected chi connectivity index (χ3v) is 7.04. The second kappa shape index (κ2) is 11.3. The number of hydrogen-bond donors (Lipinski definition) is 3. The highest BCUT2D eigenvalue weighted by Gasteiger charge is 2.45. The molecule has 5 rings (SSSR count). The number of aliphatic hydroxyl groups excluding tert-OH is 1. The third-order valence-electron chi connectivity index (χ3n) is 7.04. The average molecular weight is 542 g/mol. The van der Waals surface area contributed by atoms with Crippen LogP contribution in [0, 0.1) is 0 Å². The number of aromatic nitrogens is 3. The molecule has 2 amide bonds. The van der Waals surface area contributed by atoms with Gasteiger partial charge >= 0.3 is 0 Å². The maximum Gasteiger partial charge on any atom is 0.255 e. The van der Waals surface area contributed by atoms with E-state index in [1.54, 1.807) is 42.3 Å². The molecule has 0 spiro atoms. The lowest BCUT2D eigenvalue weighted by Gasteiger charge is -2.31. The maximum atomic E-state index is 13.1. The Kier molecular flexibility index (Phi) is 7.63. The predicted octanol–water partition coefficient (Wildman–Crippen LogP) is 2.68. The van der Waals surface area contributed by atoms with Crippen molar-refractivity contribution in [1.82, 2.24) is 25.0 Å². The van der Waals surface area contributed by atoms with Gasteiger partial charge in [0, 0.05) is 25.1 Å². The van der Waals surface area contributed by atoms with Crippen LogP contribution in [0.25, 0.3) is 5.69 Å². The molecule has 0 radical (unpaired) electrons. The fourth-order valence-electron chi connectivity index (χ4n) is 4.57. The number of pyridine rings is 1. The molecule has 0 aliphatic carbocycles. The van der Waals surface area contributed by atoms with Gasteiger partial charge in [0.25, 0.3) is 11.8 Å². The molecular weight excluding hydrogens is 510 g/mol. The monoisotopic (exact) mass is 541 g/mol. The summed E-state index contributed by atoms with van der Waals surface area (Å²) < 4.78 is 7.83. The number of aliphatic hydroxyl groups is 2. The summed E-state index contributed by atoms with van der Waals surface area (Å²) in [5, 5.41) is 28.7. The molecular formula is C30H31N5O5. The molecule has 3 unspecified atom stereocenters. The Balaban J connectivity index is 1.29. The van der Waals surface area contributed by atoms with Gasteiger partial charge in [0.1, 0.15) is 18.0 Å². The first-order valence-electron chi connectivity index (χ1n) is 13.0. The van der Waals surface area contributed by atoms with Crippen molar-refractivity contribution in [2.45, 2.75) is 51.3 Å². The lowest BCUT2D eigenvalue weighted by atomic mass is 9.95. The van der Waals surface area contributed by atoms with Crippen LogP contribution in [0.2, 0.25) is 0 Å². The summed E-state index contributed by atoms with van der Waals surface area (Å²) in [4.78, 5) is 31.7. The van der Waals surface area contributed by atoms with Crippen LogP contribution in [0.3, 0.4) is 0 Å². The van der Waals surface area contributed by atoms with Gasteiger partial charge < -0.3 is 25.2 Å². The van der Waals surface area contributed by atoms with E-state index in [0.717, 1.165) is 29.4 Å². The standard InChI is InChI=1S/C30H31N5O5/c1-20(33-29(38)30(2,39)27(36)28(37)34-17-23-10-6-13-31-24(23)18-34)22-11-12-25(35-15-7-14-32-35)26(16-22)40-19-21-8-4-3-5-9-21/h3-16,20,27,36,39H,17-19H2,1-2H3,(H,33,38). The Morgan fingerprint density at radius 2 is 1.88 bits per heavy atom. The van der Waals surface area contributed by atoms with E-state index in [4.69, 9.17) is 4.74 Å². The first-order chi connectivity index (χ1) is 19.2. The van der Waals surface area contributed by atoms with E-state index in [1.807, 2.05) is 54.6 Å². The summed E-state index contributed by atoms with van der Waals surface area (Å²) >= 11 is 0. The molecule has 4 aromatic rings. The quantitative estimate of drug-likeness (QED) is 0.297. The van der Waals surface area contributed by atoms with E-state index in [-0.39, 0.29) is 13.1 Å². The zero-order chi connectivity index (χ0) is 28.3. The summed E-state index contributed by atoms with van der Waals surface area (Å²) in [6.07, 6.45) is 3.15. The molecule has 1 aliphatic rings. The second-order valence-electron chi connectivity index (χ2n) is 10.0. The predicted molar refractivity (Wildman–Crippen MR) is 146 cm³/mol. The van der Waals surface area contributed by atoms with Crippen molar-refractivity contribution >= 4 is 11.8 Å². The number of carbonyl (C=O) groups is 2. The lowest BCUT2D eigenvalue weighted by molar-refractivity contribution is -0.166. The largest absolute Gasteiger partial charge is 0.487 e. The SMILES string of the molecule is CC(NC(=O)C(C)(O)C(O)C(=O)N1Cc2cccnc2C1)c1ccc(-n2cccn2)c(OCc2ccccc2)c1. The lowest BCUT2D eigenvalue weighted by Crippen LogP contribution is -2.58. The van der Waals surface area contributed by atoms with E-state index in [0.29, 0.717) is 17.9 Å². The molecule has 0 fully saturated rings. The molecule has 2 aromatic heterocycles. The number of hydrogen-bond acceptors (Lipinski definition) is 7. The van der Waals surface area contributed by atoms with Gasteiger partial charge in [-0.1, -0.05) is 42.5 Å². The fraction of sp³-hybridized carbons (Fsp3) is 0.267. The minimum Gasteiger partial charge on any atom is -0.487 e. The van der Waals surface area contributed by atoms with Gasteiger partial charge in [0.2, 0.25) is 0 Å². The number of ether oxygens (including phenoxy) is 1. The number of fused-ring (bicyclic) bond motifs is 1. The van der Waals surface area contributed by atoms with E-state index in [1.165, 1.54) is 4.90 Å². The smallest absolute Gasteiger partial charge is 0.255 e. The Morgan fingerprint density at radius 1 is 1.07 bits per heavy atom. The van der Waals surface area contributed by atoms with Crippen LogP contribution in [0.15, 0.2) is 85.3 Å². The van der Waals surface area contributed by atoms with E-state index in [2.05, 4.69) is 15.4 Å². The van der Waals surface area contributed by atoms with Crippen molar-refractivity contribution in [1.29, 1.82) is 0 Å². The summed E-state index contributed by atoms with van der Waals surface area (Å²) in [6, 6.07) is 20.0. The van der Waals surface area contributed by atoms with Crippen LogP contribution in [0.1, 0.15) is 42.3 Å². The molecule has 0 bridgehead atoms. The average Bonchev–Trinajstić information content (AvgIpc) is 3.66. The fourth-order valence-corrected chi connectivity index (χ4v) is 4.57. The summed E-state index contributed by atoms with van der Waals surface area (Å²) in [5.41, 5.74) is 1.64. The molecule has 0 saturated heterocycles. The Hall–Kier alpha value is -4.54. The van der Waals surface area contributed by atoms with Crippen LogP contribution in [-0.2, 0) is 29.3 Å². The molecule has 206 valence electrons. The van der Waals surface area contributed by atoms with Crippen molar-refractivity contribution in [2.24, 2.45) is 0 Å². The van der Waals surface area contributed by atoms with Gasteiger partial charge in [0.15, 0.2) is 11.7 Å². The number of amides is 2. The summed E-state index contributed by atoms with van der Waals surface area (Å²) in [7, 11) is 0. The molecule has 10 nitrogen and oxygen atoms in total. The van der Waals surface area contributed by atoms with Crippen molar-refractivity contribution in [3.8, 4) is 11.4 Å². The van der Waals surface area contributed by atoms with Gasteiger partial charge in [-0.25, -0.2) is 4.68 Å². The Labute approximate surface area is 231 Å². The topological polar surface area (TPSA) is 130 Å². The van der Waals surface area contributed by atoms with Crippen molar-refractivity contribution in [3.05, 3.63) is 108 Å². The third kappa shape index (κ3) is 5.58. The Morgan fingerprint density at radius 3 is 2.60 bits per heavy atom. The molecule has 3 atom stereocenters. The van der Waals surface area contributed by atoms with Crippen LogP contribution < -0.4 is 10.1 Å². The Bertz CT molecular complexity index is 1460.